The van der Waals surface area contributed by atoms with Crippen molar-refractivity contribution in [2.75, 3.05) is 0 Å². The molecule has 0 aromatic heterocycles. The predicted molar refractivity (Wildman–Crippen MR) is 55.0 cm³/mol. The molecule has 6 heteroatoms. The molecule has 1 saturated carbocycles. The molecule has 0 radical (unpaired) electrons. The van der Waals surface area contributed by atoms with Crippen LogP contribution in [0.5, 0.6) is 0 Å². The summed E-state index contributed by atoms with van der Waals surface area (Å²) in [4.78, 5) is 22.1. The van der Waals surface area contributed by atoms with Gasteiger partial charge < -0.3 is 5.11 Å². The zero-order valence-corrected chi connectivity index (χ0v) is 9.12. The van der Waals surface area contributed by atoms with Gasteiger partial charge in [-0.3, -0.25) is 9.59 Å². The Kier molecular flexibility index (Phi) is 2.68. The zero-order chi connectivity index (χ0) is 13.6. The summed E-state index contributed by atoms with van der Waals surface area (Å²) >= 11 is 0. The van der Waals surface area contributed by atoms with Gasteiger partial charge in [0.05, 0.1) is 5.56 Å². The third kappa shape index (κ3) is 1.87. The number of benzene rings is 1. The van der Waals surface area contributed by atoms with E-state index >= 15 is 0 Å². The van der Waals surface area contributed by atoms with Crippen molar-refractivity contribution in [3.63, 3.8) is 0 Å². The number of halogens is 3. The van der Waals surface area contributed by atoms with Crippen LogP contribution in [0.15, 0.2) is 24.3 Å². The molecule has 1 aromatic rings. The highest BCUT2D eigenvalue weighted by Crippen LogP contribution is 2.42. The van der Waals surface area contributed by atoms with Crippen LogP contribution in [0.25, 0.3) is 0 Å². The van der Waals surface area contributed by atoms with E-state index in [1.165, 1.54) is 0 Å². The van der Waals surface area contributed by atoms with Gasteiger partial charge in [0.2, 0.25) is 0 Å². The summed E-state index contributed by atoms with van der Waals surface area (Å²) in [6.45, 7) is 0. The van der Waals surface area contributed by atoms with Gasteiger partial charge in [-0.2, -0.15) is 13.2 Å². The summed E-state index contributed by atoms with van der Waals surface area (Å²) in [5, 5.41) is 9.11. The van der Waals surface area contributed by atoms with E-state index in [0.717, 1.165) is 24.3 Å². The smallest absolute Gasteiger partial charge is 0.416 e. The second-order valence-electron chi connectivity index (χ2n) is 4.35. The van der Waals surface area contributed by atoms with Crippen molar-refractivity contribution in [1.82, 2.24) is 0 Å². The highest BCUT2D eigenvalue weighted by Gasteiger charge is 2.51. The molecule has 3 nitrogen and oxygen atoms in total. The fraction of sp³-hybridized carbons (Fsp3) is 0.333. The lowest BCUT2D eigenvalue weighted by Gasteiger charge is -2.36. The van der Waals surface area contributed by atoms with Crippen molar-refractivity contribution in [3.05, 3.63) is 35.4 Å². The van der Waals surface area contributed by atoms with Crippen LogP contribution in [-0.2, 0) is 21.2 Å². The van der Waals surface area contributed by atoms with Crippen molar-refractivity contribution in [3.8, 4) is 0 Å². The molecular formula is C12H9F3O3. The van der Waals surface area contributed by atoms with Crippen LogP contribution < -0.4 is 0 Å². The molecular weight excluding hydrogens is 249 g/mol. The highest BCUT2D eigenvalue weighted by molar-refractivity contribution is 6.01. The van der Waals surface area contributed by atoms with Gasteiger partial charge in [-0.15, -0.1) is 0 Å². The van der Waals surface area contributed by atoms with E-state index in [0.29, 0.717) is 0 Å². The molecule has 0 amide bonds. The van der Waals surface area contributed by atoms with E-state index < -0.39 is 23.1 Å². The Hall–Kier alpha value is -1.85. The van der Waals surface area contributed by atoms with Crippen LogP contribution in [0, 0.1) is 0 Å². The first-order valence-electron chi connectivity index (χ1n) is 5.18. The number of carboxylic acids is 1. The lowest BCUT2D eigenvalue weighted by atomic mass is 9.63. The first kappa shape index (κ1) is 12.6. The summed E-state index contributed by atoms with van der Waals surface area (Å²) in [5.41, 5.74) is -1.94. The fourth-order valence-electron chi connectivity index (χ4n) is 2.08. The Labute approximate surface area is 100 Å². The number of alkyl halides is 3. The molecule has 0 atom stereocenters. The fourth-order valence-corrected chi connectivity index (χ4v) is 2.08. The number of hydrogen-bond donors (Lipinski definition) is 1. The molecule has 1 N–H and O–H groups in total. The quantitative estimate of drug-likeness (QED) is 0.886. The molecule has 1 aliphatic carbocycles. The van der Waals surface area contributed by atoms with E-state index in [1.807, 2.05) is 0 Å². The number of hydrogen-bond acceptors (Lipinski definition) is 2. The molecule has 0 saturated heterocycles. The Morgan fingerprint density at radius 3 is 2.00 bits per heavy atom. The minimum atomic E-state index is -4.45. The van der Waals surface area contributed by atoms with Gasteiger partial charge in [-0.1, -0.05) is 12.1 Å². The maximum absolute atomic E-state index is 12.4. The summed E-state index contributed by atoms with van der Waals surface area (Å²) in [6.07, 6.45) is -4.77. The second-order valence-corrected chi connectivity index (χ2v) is 4.35. The van der Waals surface area contributed by atoms with Crippen LogP contribution in [0.3, 0.4) is 0 Å². The van der Waals surface area contributed by atoms with E-state index in [4.69, 9.17) is 5.11 Å². The van der Waals surface area contributed by atoms with Crippen LogP contribution >= 0.6 is 0 Å². The zero-order valence-electron chi connectivity index (χ0n) is 9.12. The summed E-state index contributed by atoms with van der Waals surface area (Å²) in [6, 6.07) is 3.93. The number of carbonyl (C=O) groups is 2. The molecule has 18 heavy (non-hydrogen) atoms. The lowest BCUT2D eigenvalue weighted by molar-refractivity contribution is -0.153. The van der Waals surface area contributed by atoms with Gasteiger partial charge in [0.1, 0.15) is 11.2 Å². The maximum atomic E-state index is 12.4. The van der Waals surface area contributed by atoms with E-state index in [9.17, 15) is 22.8 Å². The minimum absolute atomic E-state index is 0.159. The maximum Gasteiger partial charge on any atom is 0.416 e. The number of ketones is 1. The standard InChI is InChI=1S/C12H9F3O3/c13-12(14,15)8-3-1-7(2-4-8)11(10(17)18)5-9(16)6-11/h1-4H,5-6H2,(H,17,18). The third-order valence-corrected chi connectivity index (χ3v) is 3.17. The SMILES string of the molecule is O=C1CC(C(=O)O)(c2ccc(C(F)(F)F)cc2)C1. The monoisotopic (exact) mass is 258 g/mol. The van der Waals surface area contributed by atoms with Gasteiger partial charge in [-0.25, -0.2) is 0 Å². The third-order valence-electron chi connectivity index (χ3n) is 3.17. The van der Waals surface area contributed by atoms with Gasteiger partial charge in [0, 0.05) is 12.8 Å². The average Bonchev–Trinajstić information content (AvgIpc) is 2.23. The van der Waals surface area contributed by atoms with E-state index in [2.05, 4.69) is 0 Å². The van der Waals surface area contributed by atoms with Crippen LogP contribution in [0.4, 0.5) is 13.2 Å². The first-order chi connectivity index (χ1) is 8.25. The number of Topliss-reactive ketones (excluding diaryl/α,β-unsaturated/α-hetero) is 1. The molecule has 0 aliphatic heterocycles. The molecule has 0 spiro atoms. The Bertz CT molecular complexity index is 494. The summed E-state index contributed by atoms with van der Waals surface area (Å²) in [7, 11) is 0. The predicted octanol–water partition coefficient (Wildman–Crippen LogP) is 2.39. The molecule has 2 rings (SSSR count). The lowest BCUT2D eigenvalue weighted by Crippen LogP contribution is -2.48. The summed E-state index contributed by atoms with van der Waals surface area (Å²) in [5.74, 6) is -1.38. The molecule has 96 valence electrons. The average molecular weight is 258 g/mol. The number of aliphatic carboxylic acids is 1. The minimum Gasteiger partial charge on any atom is -0.481 e. The van der Waals surface area contributed by atoms with E-state index in [-0.39, 0.29) is 24.2 Å². The van der Waals surface area contributed by atoms with Gasteiger partial charge in [-0.05, 0) is 17.7 Å². The van der Waals surface area contributed by atoms with Crippen molar-refractivity contribution in [2.24, 2.45) is 0 Å². The van der Waals surface area contributed by atoms with Crippen molar-refractivity contribution >= 4 is 11.8 Å². The first-order valence-corrected chi connectivity index (χ1v) is 5.18. The van der Waals surface area contributed by atoms with Gasteiger partial charge in [0.15, 0.2) is 0 Å². The molecule has 0 unspecified atom stereocenters. The van der Waals surface area contributed by atoms with Crippen molar-refractivity contribution in [1.29, 1.82) is 0 Å². The molecule has 1 aromatic carbocycles. The van der Waals surface area contributed by atoms with Crippen LogP contribution in [0.1, 0.15) is 24.0 Å². The Balaban J connectivity index is 2.34. The molecule has 1 aliphatic rings. The van der Waals surface area contributed by atoms with Crippen LogP contribution in [0.2, 0.25) is 0 Å². The van der Waals surface area contributed by atoms with E-state index in [1.54, 1.807) is 0 Å². The topological polar surface area (TPSA) is 54.4 Å². The normalized spacial score (nSPS) is 18.3. The number of rotatable bonds is 2. The highest BCUT2D eigenvalue weighted by atomic mass is 19.4. The molecule has 0 heterocycles. The second kappa shape index (κ2) is 3.83. The Morgan fingerprint density at radius 2 is 1.67 bits per heavy atom. The van der Waals surface area contributed by atoms with Gasteiger partial charge >= 0.3 is 12.1 Å². The van der Waals surface area contributed by atoms with Crippen LogP contribution in [-0.4, -0.2) is 16.9 Å². The van der Waals surface area contributed by atoms with Crippen molar-refractivity contribution < 1.29 is 27.9 Å². The number of carbonyl (C=O) groups excluding carboxylic acids is 1. The molecule has 0 bridgehead atoms. The van der Waals surface area contributed by atoms with Gasteiger partial charge in [0.25, 0.3) is 0 Å². The van der Waals surface area contributed by atoms with Crippen molar-refractivity contribution in [2.45, 2.75) is 24.4 Å². The Morgan fingerprint density at radius 1 is 1.17 bits per heavy atom. The molecule has 1 fully saturated rings. The number of carboxylic acid groups (broad SMARTS) is 1. The largest absolute Gasteiger partial charge is 0.481 e. The summed E-state index contributed by atoms with van der Waals surface area (Å²) < 4.78 is 37.1.